The van der Waals surface area contributed by atoms with Crippen LogP contribution in [0.3, 0.4) is 0 Å². The highest BCUT2D eigenvalue weighted by Crippen LogP contribution is 2.28. The smallest absolute Gasteiger partial charge is 0.484 e. The minimum atomic E-state index is -4.76. The number of benzene rings is 1. The lowest BCUT2D eigenvalue weighted by Crippen LogP contribution is -2.18. The Morgan fingerprint density at radius 1 is 1.32 bits per heavy atom. The molecule has 0 heterocycles. The Morgan fingerprint density at radius 2 is 2.00 bits per heavy atom. The van der Waals surface area contributed by atoms with Gasteiger partial charge in [0.2, 0.25) is 0 Å². The molecule has 0 atom stereocenters. The standard InChI is InChI=1S/C10H11F3N2O4/c11-10(12,13)19-4-3-18-9-5-7(6-14)1-2-8(9)15(16)17/h1-2,5H,3-4,6,14H2. The maximum Gasteiger partial charge on any atom is 0.522 e. The molecule has 1 rings (SSSR count). The molecule has 0 spiro atoms. The summed E-state index contributed by atoms with van der Waals surface area (Å²) < 4.78 is 43.5. The monoisotopic (exact) mass is 280 g/mol. The second kappa shape index (κ2) is 6.34. The number of halogens is 3. The number of nitro benzene ring substituents is 1. The van der Waals surface area contributed by atoms with E-state index in [1.807, 2.05) is 0 Å². The molecule has 1 aromatic rings. The lowest BCUT2D eigenvalue weighted by atomic mass is 10.2. The van der Waals surface area contributed by atoms with Gasteiger partial charge in [-0.2, -0.15) is 0 Å². The summed E-state index contributed by atoms with van der Waals surface area (Å²) in [7, 11) is 0. The van der Waals surface area contributed by atoms with Crippen molar-refractivity contribution in [3.8, 4) is 5.75 Å². The molecule has 0 aliphatic heterocycles. The molecule has 0 fully saturated rings. The van der Waals surface area contributed by atoms with Crippen LogP contribution in [0.25, 0.3) is 0 Å². The van der Waals surface area contributed by atoms with Crippen molar-refractivity contribution in [3.63, 3.8) is 0 Å². The topological polar surface area (TPSA) is 87.6 Å². The second-order valence-corrected chi connectivity index (χ2v) is 3.41. The molecule has 2 N–H and O–H groups in total. The Bertz CT molecular complexity index is 451. The average Bonchev–Trinajstić information content (AvgIpc) is 2.33. The molecule has 1 aromatic carbocycles. The van der Waals surface area contributed by atoms with Gasteiger partial charge < -0.3 is 10.5 Å². The Hall–Kier alpha value is -1.87. The van der Waals surface area contributed by atoms with Gasteiger partial charge in [0.05, 0.1) is 11.5 Å². The molecule has 0 saturated heterocycles. The number of nitrogens with two attached hydrogens (primary N) is 1. The van der Waals surface area contributed by atoms with Crippen LogP contribution in [0.4, 0.5) is 18.9 Å². The first-order chi connectivity index (χ1) is 8.83. The molecule has 9 heteroatoms. The molecular formula is C10H11F3N2O4. The molecule has 0 saturated carbocycles. The number of hydrogen-bond donors (Lipinski definition) is 1. The summed E-state index contributed by atoms with van der Waals surface area (Å²) in [4.78, 5) is 10.0. The highest BCUT2D eigenvalue weighted by atomic mass is 19.4. The van der Waals surface area contributed by atoms with Crippen molar-refractivity contribution in [2.75, 3.05) is 13.2 Å². The normalized spacial score (nSPS) is 11.4. The van der Waals surface area contributed by atoms with E-state index in [0.29, 0.717) is 5.56 Å². The molecule has 0 aliphatic rings. The van der Waals surface area contributed by atoms with Gasteiger partial charge in [0.25, 0.3) is 0 Å². The average molecular weight is 280 g/mol. The van der Waals surface area contributed by atoms with Crippen LogP contribution in [0.15, 0.2) is 18.2 Å². The van der Waals surface area contributed by atoms with Crippen LogP contribution in [0, 0.1) is 10.1 Å². The van der Waals surface area contributed by atoms with E-state index in [4.69, 9.17) is 10.5 Å². The Balaban J connectivity index is 2.67. The quantitative estimate of drug-likeness (QED) is 0.489. The molecule has 0 aliphatic carbocycles. The van der Waals surface area contributed by atoms with Crippen LogP contribution in [0.1, 0.15) is 5.56 Å². The van der Waals surface area contributed by atoms with Crippen molar-refractivity contribution >= 4 is 5.69 Å². The van der Waals surface area contributed by atoms with Gasteiger partial charge >= 0.3 is 12.0 Å². The van der Waals surface area contributed by atoms with E-state index >= 15 is 0 Å². The van der Waals surface area contributed by atoms with E-state index in [1.165, 1.54) is 18.2 Å². The van der Waals surface area contributed by atoms with Crippen LogP contribution < -0.4 is 10.5 Å². The Morgan fingerprint density at radius 3 is 2.53 bits per heavy atom. The van der Waals surface area contributed by atoms with E-state index < -0.39 is 24.5 Å². The summed E-state index contributed by atoms with van der Waals surface area (Å²) in [6.07, 6.45) is -4.76. The third kappa shape index (κ3) is 5.10. The zero-order chi connectivity index (χ0) is 14.5. The number of ether oxygens (including phenoxy) is 2. The fourth-order valence-electron chi connectivity index (χ4n) is 1.26. The van der Waals surface area contributed by atoms with E-state index in [2.05, 4.69) is 4.74 Å². The van der Waals surface area contributed by atoms with Crippen LogP contribution in [0.5, 0.6) is 5.75 Å². The summed E-state index contributed by atoms with van der Waals surface area (Å²) in [6.45, 7) is -1.09. The predicted octanol–water partition coefficient (Wildman–Crippen LogP) is 1.97. The van der Waals surface area contributed by atoms with Gasteiger partial charge in [0.1, 0.15) is 6.61 Å². The van der Waals surface area contributed by atoms with Crippen molar-refractivity contribution in [3.05, 3.63) is 33.9 Å². The summed E-state index contributed by atoms with van der Waals surface area (Å²) in [5.74, 6) is -0.140. The van der Waals surface area contributed by atoms with Crippen molar-refractivity contribution in [1.29, 1.82) is 0 Å². The Labute approximate surface area is 106 Å². The zero-order valence-electron chi connectivity index (χ0n) is 9.64. The molecule has 106 valence electrons. The number of nitro groups is 1. The molecule has 0 aromatic heterocycles. The van der Waals surface area contributed by atoms with Gasteiger partial charge in [-0.15, -0.1) is 13.2 Å². The van der Waals surface area contributed by atoms with Crippen molar-refractivity contribution in [2.45, 2.75) is 12.9 Å². The molecule has 0 radical (unpaired) electrons. The number of rotatable bonds is 6. The Kier molecular flexibility index (Phi) is 5.07. The lowest BCUT2D eigenvalue weighted by molar-refractivity contribution is -0.386. The fourth-order valence-corrected chi connectivity index (χ4v) is 1.26. The highest BCUT2D eigenvalue weighted by molar-refractivity contribution is 5.48. The maximum absolute atomic E-state index is 11.7. The number of alkyl halides is 3. The molecule has 19 heavy (non-hydrogen) atoms. The zero-order valence-corrected chi connectivity index (χ0v) is 9.64. The highest BCUT2D eigenvalue weighted by Gasteiger charge is 2.28. The SMILES string of the molecule is NCc1ccc([N+](=O)[O-])c(OCCOC(F)(F)F)c1. The van der Waals surface area contributed by atoms with E-state index in [1.54, 1.807) is 0 Å². The molecule has 6 nitrogen and oxygen atoms in total. The van der Waals surface area contributed by atoms with Crippen LogP contribution in [-0.4, -0.2) is 24.5 Å². The van der Waals surface area contributed by atoms with E-state index in [9.17, 15) is 23.3 Å². The van der Waals surface area contributed by atoms with Gasteiger partial charge in [0, 0.05) is 12.6 Å². The number of hydrogen-bond acceptors (Lipinski definition) is 5. The van der Waals surface area contributed by atoms with Crippen molar-refractivity contribution in [2.24, 2.45) is 5.73 Å². The molecule has 0 unspecified atom stereocenters. The summed E-state index contributed by atoms with van der Waals surface area (Å²) >= 11 is 0. The summed E-state index contributed by atoms with van der Waals surface area (Å²) in [5, 5.41) is 10.7. The largest absolute Gasteiger partial charge is 0.522 e. The van der Waals surface area contributed by atoms with Crippen molar-refractivity contribution < 1.29 is 27.6 Å². The third-order valence-corrected chi connectivity index (χ3v) is 2.06. The first-order valence-corrected chi connectivity index (χ1v) is 5.14. The molecule has 0 bridgehead atoms. The summed E-state index contributed by atoms with van der Waals surface area (Å²) in [6, 6.07) is 3.94. The summed E-state index contributed by atoms with van der Waals surface area (Å²) in [5.41, 5.74) is 5.58. The minimum absolute atomic E-state index is 0.132. The van der Waals surface area contributed by atoms with E-state index in [-0.39, 0.29) is 18.0 Å². The fraction of sp³-hybridized carbons (Fsp3) is 0.400. The minimum Gasteiger partial charge on any atom is -0.484 e. The predicted molar refractivity (Wildman–Crippen MR) is 58.5 cm³/mol. The molecule has 0 amide bonds. The van der Waals surface area contributed by atoms with Crippen LogP contribution in [-0.2, 0) is 11.3 Å². The first kappa shape index (κ1) is 15.2. The van der Waals surface area contributed by atoms with Crippen molar-refractivity contribution in [1.82, 2.24) is 0 Å². The van der Waals surface area contributed by atoms with Gasteiger partial charge in [-0.3, -0.25) is 14.9 Å². The van der Waals surface area contributed by atoms with Gasteiger partial charge in [-0.25, -0.2) is 0 Å². The van der Waals surface area contributed by atoms with Crippen LogP contribution in [0.2, 0.25) is 0 Å². The number of nitrogens with zero attached hydrogens (tertiary/aromatic N) is 1. The second-order valence-electron chi connectivity index (χ2n) is 3.41. The van der Waals surface area contributed by atoms with Gasteiger partial charge in [0.15, 0.2) is 5.75 Å². The van der Waals surface area contributed by atoms with Gasteiger partial charge in [-0.1, -0.05) is 6.07 Å². The van der Waals surface area contributed by atoms with E-state index in [0.717, 1.165) is 0 Å². The maximum atomic E-state index is 11.7. The van der Waals surface area contributed by atoms with Gasteiger partial charge in [-0.05, 0) is 11.6 Å². The lowest BCUT2D eigenvalue weighted by Gasteiger charge is -2.10. The van der Waals surface area contributed by atoms with Crippen LogP contribution >= 0.6 is 0 Å². The first-order valence-electron chi connectivity index (χ1n) is 5.14. The third-order valence-electron chi connectivity index (χ3n) is 2.06. The molecular weight excluding hydrogens is 269 g/mol.